The highest BCUT2D eigenvalue weighted by atomic mass is 35.5. The Bertz CT molecular complexity index is 681. The van der Waals surface area contributed by atoms with Crippen molar-refractivity contribution in [2.45, 2.75) is 19.4 Å². The number of nitrogens with zero attached hydrogens (tertiary/aromatic N) is 1. The molecule has 0 aliphatic carbocycles. The maximum atomic E-state index is 7.80. The van der Waals surface area contributed by atoms with Crippen LogP contribution in [0.2, 0.25) is 5.02 Å². The van der Waals surface area contributed by atoms with E-state index in [1.807, 2.05) is 12.1 Å². The molecule has 0 radical (unpaired) electrons. The highest BCUT2D eigenvalue weighted by Crippen LogP contribution is 2.30. The van der Waals surface area contributed by atoms with Gasteiger partial charge in [-0.1, -0.05) is 41.9 Å². The summed E-state index contributed by atoms with van der Waals surface area (Å²) >= 11 is 6.24. The number of hydrogen-bond acceptors (Lipinski definition) is 2. The second-order valence-electron chi connectivity index (χ2n) is 5.34. The van der Waals surface area contributed by atoms with Crippen molar-refractivity contribution in [1.29, 1.82) is 5.41 Å². The Morgan fingerprint density at radius 1 is 1.10 bits per heavy atom. The first-order valence-electron chi connectivity index (χ1n) is 7.11. The molecule has 0 atom stereocenters. The molecule has 1 aliphatic rings. The molecular formula is C17H18ClN3. The van der Waals surface area contributed by atoms with Crippen molar-refractivity contribution < 1.29 is 0 Å². The van der Waals surface area contributed by atoms with Gasteiger partial charge in [-0.15, -0.1) is 0 Å². The predicted molar refractivity (Wildman–Crippen MR) is 88.3 cm³/mol. The summed E-state index contributed by atoms with van der Waals surface area (Å²) in [5.74, 6) is 0.0214. The second kappa shape index (κ2) is 5.78. The summed E-state index contributed by atoms with van der Waals surface area (Å²) in [6.07, 6.45) is 2.17. The zero-order valence-corrected chi connectivity index (χ0v) is 12.5. The van der Waals surface area contributed by atoms with Gasteiger partial charge in [0.1, 0.15) is 5.84 Å². The van der Waals surface area contributed by atoms with Crippen LogP contribution in [-0.2, 0) is 13.0 Å². The van der Waals surface area contributed by atoms with Gasteiger partial charge in [0.2, 0.25) is 0 Å². The number of hydrogen-bond donors (Lipinski definition) is 2. The normalized spacial score (nSPS) is 14.4. The molecule has 0 unspecified atom stereocenters. The van der Waals surface area contributed by atoms with Crippen molar-refractivity contribution in [3.63, 3.8) is 0 Å². The maximum Gasteiger partial charge on any atom is 0.126 e. The number of aryl methyl sites for hydroxylation is 1. The Morgan fingerprint density at radius 2 is 1.86 bits per heavy atom. The minimum Gasteiger partial charge on any atom is -0.384 e. The molecule has 3 nitrogen and oxygen atoms in total. The van der Waals surface area contributed by atoms with Gasteiger partial charge in [-0.2, -0.15) is 0 Å². The van der Waals surface area contributed by atoms with Crippen LogP contribution in [0.4, 0.5) is 5.69 Å². The molecule has 3 N–H and O–H groups in total. The van der Waals surface area contributed by atoms with Crippen LogP contribution in [0.1, 0.15) is 23.1 Å². The monoisotopic (exact) mass is 299 g/mol. The first-order valence-corrected chi connectivity index (χ1v) is 7.49. The van der Waals surface area contributed by atoms with E-state index < -0.39 is 0 Å². The second-order valence-corrected chi connectivity index (χ2v) is 5.75. The number of halogens is 1. The van der Waals surface area contributed by atoms with Crippen LogP contribution in [0.15, 0.2) is 42.5 Å². The van der Waals surface area contributed by atoms with Crippen LogP contribution in [0.5, 0.6) is 0 Å². The largest absolute Gasteiger partial charge is 0.384 e. The molecule has 2 aromatic rings. The molecule has 0 bridgehead atoms. The lowest BCUT2D eigenvalue weighted by atomic mass is 10.0. The number of nitrogen functional groups attached to an aromatic ring is 1. The lowest BCUT2D eigenvalue weighted by Gasteiger charge is -2.26. The van der Waals surface area contributed by atoms with Gasteiger partial charge in [0, 0.05) is 18.8 Å². The third kappa shape index (κ3) is 2.74. The molecule has 1 heterocycles. The molecule has 2 aromatic carbocycles. The fourth-order valence-electron chi connectivity index (χ4n) is 2.95. The van der Waals surface area contributed by atoms with E-state index in [1.165, 1.54) is 11.1 Å². The average molecular weight is 300 g/mol. The zero-order chi connectivity index (χ0) is 14.8. The molecule has 0 amide bonds. The van der Waals surface area contributed by atoms with Crippen LogP contribution >= 0.6 is 11.6 Å². The molecule has 0 saturated carbocycles. The summed E-state index contributed by atoms with van der Waals surface area (Å²) in [6, 6.07) is 14.2. The van der Waals surface area contributed by atoms with Gasteiger partial charge in [-0.05, 0) is 36.1 Å². The highest BCUT2D eigenvalue weighted by Gasteiger charge is 2.19. The number of benzene rings is 2. The number of nitrogens with one attached hydrogen (secondary N) is 1. The lowest BCUT2D eigenvalue weighted by Crippen LogP contribution is -2.26. The Balaban J connectivity index is 2.02. The fraction of sp³-hybridized carbons (Fsp3) is 0.235. The van der Waals surface area contributed by atoms with E-state index in [-0.39, 0.29) is 5.84 Å². The Kier molecular flexibility index (Phi) is 3.84. The van der Waals surface area contributed by atoms with E-state index in [4.69, 9.17) is 22.7 Å². The summed E-state index contributed by atoms with van der Waals surface area (Å²) in [5, 5.41) is 8.34. The highest BCUT2D eigenvalue weighted by molar-refractivity contribution is 6.34. The summed E-state index contributed by atoms with van der Waals surface area (Å²) in [7, 11) is 0. The first-order chi connectivity index (χ1) is 10.2. The van der Waals surface area contributed by atoms with Gasteiger partial charge in [0.25, 0.3) is 0 Å². The molecule has 1 aliphatic heterocycles. The first kappa shape index (κ1) is 14.0. The smallest absolute Gasteiger partial charge is 0.126 e. The van der Waals surface area contributed by atoms with Crippen molar-refractivity contribution in [1.82, 2.24) is 0 Å². The van der Waals surface area contributed by atoms with E-state index in [0.717, 1.165) is 31.6 Å². The Labute approximate surface area is 129 Å². The molecule has 0 spiro atoms. The number of nitrogens with two attached hydrogens (primary N) is 1. The van der Waals surface area contributed by atoms with Gasteiger partial charge in [0.15, 0.2) is 0 Å². The van der Waals surface area contributed by atoms with E-state index >= 15 is 0 Å². The summed E-state index contributed by atoms with van der Waals surface area (Å²) in [4.78, 5) is 2.27. The molecule has 108 valence electrons. The zero-order valence-electron chi connectivity index (χ0n) is 11.8. The average Bonchev–Trinajstić information content (AvgIpc) is 2.68. The number of fused-ring (bicyclic) bond motifs is 1. The van der Waals surface area contributed by atoms with E-state index in [2.05, 4.69) is 29.2 Å². The van der Waals surface area contributed by atoms with Gasteiger partial charge >= 0.3 is 0 Å². The lowest BCUT2D eigenvalue weighted by molar-refractivity contribution is 0.765. The number of rotatable bonds is 2. The third-order valence-corrected chi connectivity index (χ3v) is 4.27. The summed E-state index contributed by atoms with van der Waals surface area (Å²) in [6.45, 7) is 1.77. The Morgan fingerprint density at radius 3 is 2.62 bits per heavy atom. The molecule has 0 fully saturated rings. The SMILES string of the molecule is N=C(N)c1c(Cl)cccc1N1CCCc2ccccc2C1. The van der Waals surface area contributed by atoms with Crippen LogP contribution in [0, 0.1) is 5.41 Å². The van der Waals surface area contributed by atoms with Crippen LogP contribution in [0.25, 0.3) is 0 Å². The predicted octanol–water partition coefficient (Wildman–Crippen LogP) is 3.58. The van der Waals surface area contributed by atoms with Crippen molar-refractivity contribution in [3.8, 4) is 0 Å². The van der Waals surface area contributed by atoms with Crippen molar-refractivity contribution in [3.05, 3.63) is 64.2 Å². The Hall–Kier alpha value is -2.00. The van der Waals surface area contributed by atoms with E-state index in [9.17, 15) is 0 Å². The summed E-state index contributed by atoms with van der Waals surface area (Å²) < 4.78 is 0. The quantitative estimate of drug-likeness (QED) is 0.658. The molecule has 21 heavy (non-hydrogen) atoms. The van der Waals surface area contributed by atoms with Crippen LogP contribution < -0.4 is 10.6 Å². The van der Waals surface area contributed by atoms with Gasteiger partial charge in [0.05, 0.1) is 10.6 Å². The fourth-order valence-corrected chi connectivity index (χ4v) is 3.22. The minimum absolute atomic E-state index is 0.0214. The topological polar surface area (TPSA) is 53.1 Å². The van der Waals surface area contributed by atoms with Crippen molar-refractivity contribution >= 4 is 23.1 Å². The minimum atomic E-state index is 0.0214. The number of amidine groups is 1. The third-order valence-electron chi connectivity index (χ3n) is 3.96. The molecular weight excluding hydrogens is 282 g/mol. The molecule has 4 heteroatoms. The molecule has 0 saturated heterocycles. The van der Waals surface area contributed by atoms with Gasteiger partial charge in [-0.3, -0.25) is 5.41 Å². The molecule has 0 aromatic heterocycles. The van der Waals surface area contributed by atoms with E-state index in [1.54, 1.807) is 6.07 Å². The van der Waals surface area contributed by atoms with Crippen molar-refractivity contribution in [2.75, 3.05) is 11.4 Å². The summed E-state index contributed by atoms with van der Waals surface area (Å²) in [5.41, 5.74) is 10.1. The standard InChI is InChI=1S/C17H18ClN3/c18-14-8-3-9-15(16(14)17(19)20)21-10-4-7-12-5-1-2-6-13(12)11-21/h1-3,5-6,8-9H,4,7,10-11H2,(H3,19,20). The van der Waals surface area contributed by atoms with Gasteiger partial charge < -0.3 is 10.6 Å². The van der Waals surface area contributed by atoms with E-state index in [0.29, 0.717) is 10.6 Å². The van der Waals surface area contributed by atoms with Gasteiger partial charge in [-0.25, -0.2) is 0 Å². The molecule has 3 rings (SSSR count). The van der Waals surface area contributed by atoms with Crippen molar-refractivity contribution in [2.24, 2.45) is 5.73 Å². The number of anilines is 1. The van der Waals surface area contributed by atoms with Crippen LogP contribution in [-0.4, -0.2) is 12.4 Å². The maximum absolute atomic E-state index is 7.80. The van der Waals surface area contributed by atoms with Crippen LogP contribution in [0.3, 0.4) is 0 Å².